The third-order valence-electron chi connectivity index (χ3n) is 11.3. The van der Waals surface area contributed by atoms with Gasteiger partial charge in [-0.2, -0.15) is 5.10 Å². The van der Waals surface area contributed by atoms with E-state index in [0.29, 0.717) is 23.9 Å². The van der Waals surface area contributed by atoms with Crippen molar-refractivity contribution in [1.82, 2.24) is 21.4 Å². The van der Waals surface area contributed by atoms with Crippen LogP contribution in [0.25, 0.3) is 0 Å². The van der Waals surface area contributed by atoms with Crippen molar-refractivity contribution in [3.63, 3.8) is 0 Å². The lowest BCUT2D eigenvalue weighted by Gasteiger charge is -2.60. The molecule has 8 unspecified atom stereocenters. The van der Waals surface area contributed by atoms with Crippen molar-refractivity contribution in [3.05, 3.63) is 0 Å². The van der Waals surface area contributed by atoms with E-state index in [1.165, 1.54) is 77.0 Å². The molecule has 6 heteroatoms. The van der Waals surface area contributed by atoms with Gasteiger partial charge in [-0.05, 0) is 126 Å². The van der Waals surface area contributed by atoms with Gasteiger partial charge in [0.2, 0.25) is 5.91 Å². The molecule has 8 atom stereocenters. The van der Waals surface area contributed by atoms with Crippen LogP contribution < -0.4 is 21.4 Å². The maximum Gasteiger partial charge on any atom is 0.222 e. The van der Waals surface area contributed by atoms with Crippen LogP contribution in [0.2, 0.25) is 0 Å². The maximum absolute atomic E-state index is 12.2. The molecule has 0 spiro atoms. The molecule has 4 aliphatic rings. The average molecular weight is 592 g/mol. The highest BCUT2D eigenvalue weighted by molar-refractivity contribution is 5.76. The third-order valence-corrected chi connectivity index (χ3v) is 11.3. The van der Waals surface area contributed by atoms with E-state index >= 15 is 0 Å². The number of fused-ring (bicyclic) bond motifs is 5. The second-order valence-electron chi connectivity index (χ2n) is 14.8. The number of rotatable bonds is 9. The smallest absolute Gasteiger partial charge is 0.222 e. The van der Waals surface area contributed by atoms with Crippen LogP contribution in [-0.4, -0.2) is 45.0 Å². The topological polar surface area (TPSA) is 77.6 Å². The summed E-state index contributed by atoms with van der Waals surface area (Å²) in [7, 11) is 3.56. The summed E-state index contributed by atoms with van der Waals surface area (Å²) in [4.78, 5) is 12.2. The van der Waals surface area contributed by atoms with Crippen LogP contribution in [0.5, 0.6) is 0 Å². The number of carbonyl (C=O) groups excluding carboxylic acids is 1. The molecule has 0 aliphatic heterocycles. The molecule has 42 heavy (non-hydrogen) atoms. The Morgan fingerprint density at radius 1 is 0.952 bits per heavy atom. The molecule has 0 heterocycles. The SMILES string of the molecule is C=NNC.CC.CCC.CNCNC(=O)CC(C)NC(C)(C)CC1CCC2C3CCC4CCCCC4(C)C3CCC12C. The van der Waals surface area contributed by atoms with E-state index in [4.69, 9.17) is 0 Å². The maximum atomic E-state index is 12.2. The van der Waals surface area contributed by atoms with Gasteiger partial charge in [0, 0.05) is 31.8 Å². The lowest BCUT2D eigenvalue weighted by molar-refractivity contribution is -0.121. The molecule has 0 bridgehead atoms. The zero-order valence-corrected chi connectivity index (χ0v) is 29.9. The van der Waals surface area contributed by atoms with Crippen molar-refractivity contribution in [2.24, 2.45) is 45.5 Å². The number of nitrogens with one attached hydrogen (secondary N) is 4. The Hall–Kier alpha value is -1.14. The molecule has 248 valence electrons. The Kier molecular flexibility index (Phi) is 17.2. The van der Waals surface area contributed by atoms with Gasteiger partial charge in [-0.25, -0.2) is 0 Å². The second-order valence-corrected chi connectivity index (χ2v) is 14.8. The number of hydrogen-bond acceptors (Lipinski definition) is 5. The Morgan fingerprint density at radius 3 is 2.17 bits per heavy atom. The second kappa shape index (κ2) is 18.6. The fraction of sp³-hybridized carbons (Fsp3) is 0.944. The summed E-state index contributed by atoms with van der Waals surface area (Å²) in [5, 5.41) is 13.0. The lowest BCUT2D eigenvalue weighted by atomic mass is 9.44. The Morgan fingerprint density at radius 2 is 1.57 bits per heavy atom. The molecule has 4 saturated carbocycles. The highest BCUT2D eigenvalue weighted by Gasteiger charge is 2.59. The number of nitrogens with zero attached hydrogens (tertiary/aromatic N) is 1. The number of hydrogen-bond donors (Lipinski definition) is 4. The molecule has 6 nitrogen and oxygen atoms in total. The minimum Gasteiger partial charge on any atom is -0.344 e. The fourth-order valence-electron chi connectivity index (χ4n) is 9.67. The monoisotopic (exact) mass is 592 g/mol. The van der Waals surface area contributed by atoms with E-state index in [9.17, 15) is 4.79 Å². The summed E-state index contributed by atoms with van der Waals surface area (Å²) in [6.07, 6.45) is 17.8. The molecule has 0 saturated heterocycles. The summed E-state index contributed by atoms with van der Waals surface area (Å²) in [6.45, 7) is 24.2. The van der Waals surface area contributed by atoms with Crippen LogP contribution in [-0.2, 0) is 4.79 Å². The normalized spacial score (nSPS) is 33.7. The van der Waals surface area contributed by atoms with Gasteiger partial charge in [0.15, 0.2) is 0 Å². The van der Waals surface area contributed by atoms with Gasteiger partial charge < -0.3 is 21.4 Å². The van der Waals surface area contributed by atoms with Gasteiger partial charge in [0.1, 0.15) is 0 Å². The molecular formula is C36H73N5O. The van der Waals surface area contributed by atoms with Crippen LogP contribution in [0.4, 0.5) is 0 Å². The van der Waals surface area contributed by atoms with Crippen LogP contribution in [0.1, 0.15) is 146 Å². The van der Waals surface area contributed by atoms with Gasteiger partial charge in [0.25, 0.3) is 0 Å². The average Bonchev–Trinajstić information content (AvgIpc) is 3.28. The minimum atomic E-state index is 0.0646. The van der Waals surface area contributed by atoms with Crippen LogP contribution >= 0.6 is 0 Å². The Labute approximate surface area is 262 Å². The molecule has 4 N–H and O–H groups in total. The molecule has 4 aliphatic carbocycles. The van der Waals surface area contributed by atoms with Crippen molar-refractivity contribution in [2.45, 2.75) is 157 Å². The quantitative estimate of drug-likeness (QED) is 0.124. The van der Waals surface area contributed by atoms with E-state index < -0.39 is 0 Å². The first-order valence-electron chi connectivity index (χ1n) is 17.7. The number of carbonyl (C=O) groups is 1. The van der Waals surface area contributed by atoms with Gasteiger partial charge >= 0.3 is 0 Å². The highest BCUT2D eigenvalue weighted by Crippen LogP contribution is 2.68. The van der Waals surface area contributed by atoms with Crippen molar-refractivity contribution in [1.29, 1.82) is 0 Å². The van der Waals surface area contributed by atoms with E-state index in [0.717, 1.165) is 29.6 Å². The minimum absolute atomic E-state index is 0.0646. The van der Waals surface area contributed by atoms with Crippen LogP contribution in [0, 0.1) is 40.4 Å². The summed E-state index contributed by atoms with van der Waals surface area (Å²) >= 11 is 0. The Balaban J connectivity index is 0.000000873. The zero-order valence-electron chi connectivity index (χ0n) is 29.9. The predicted octanol–water partition coefficient (Wildman–Crippen LogP) is 8.13. The summed E-state index contributed by atoms with van der Waals surface area (Å²) in [6, 6.07) is 0.194. The van der Waals surface area contributed by atoms with Gasteiger partial charge in [-0.3, -0.25) is 4.79 Å². The summed E-state index contributed by atoms with van der Waals surface area (Å²) in [5.41, 5.74) is 3.67. The van der Waals surface area contributed by atoms with Crippen molar-refractivity contribution >= 4 is 12.6 Å². The zero-order chi connectivity index (χ0) is 32.0. The predicted molar refractivity (Wildman–Crippen MR) is 184 cm³/mol. The first kappa shape index (κ1) is 38.9. The Bertz CT molecular complexity index is 772. The van der Waals surface area contributed by atoms with Gasteiger partial charge in [0.05, 0.1) is 6.67 Å². The first-order valence-corrected chi connectivity index (χ1v) is 17.7. The molecule has 0 aromatic rings. The molecule has 0 aromatic carbocycles. The van der Waals surface area contributed by atoms with E-state index in [1.807, 2.05) is 20.9 Å². The number of amides is 1. The third kappa shape index (κ3) is 10.2. The van der Waals surface area contributed by atoms with Crippen molar-refractivity contribution in [3.8, 4) is 0 Å². The van der Waals surface area contributed by atoms with E-state index in [2.05, 4.69) is 81.7 Å². The molecule has 4 rings (SSSR count). The summed E-state index contributed by atoms with van der Waals surface area (Å²) in [5.74, 6) is 4.88. The van der Waals surface area contributed by atoms with Crippen LogP contribution in [0.15, 0.2) is 5.10 Å². The molecule has 0 radical (unpaired) electrons. The van der Waals surface area contributed by atoms with E-state index in [1.54, 1.807) is 7.05 Å². The molecule has 0 aromatic heterocycles. The van der Waals surface area contributed by atoms with Crippen molar-refractivity contribution in [2.75, 3.05) is 20.8 Å². The van der Waals surface area contributed by atoms with Crippen LogP contribution in [0.3, 0.4) is 0 Å². The lowest BCUT2D eigenvalue weighted by Crippen LogP contribution is -2.53. The number of hydrazone groups is 1. The highest BCUT2D eigenvalue weighted by atomic mass is 16.1. The van der Waals surface area contributed by atoms with E-state index in [-0.39, 0.29) is 17.5 Å². The van der Waals surface area contributed by atoms with Crippen molar-refractivity contribution < 1.29 is 4.79 Å². The first-order chi connectivity index (χ1) is 19.9. The van der Waals surface area contributed by atoms with Gasteiger partial charge in [-0.15, -0.1) is 0 Å². The largest absolute Gasteiger partial charge is 0.344 e. The molecule has 1 amide bonds. The van der Waals surface area contributed by atoms with Gasteiger partial charge in [-0.1, -0.05) is 60.8 Å². The fourth-order valence-corrected chi connectivity index (χ4v) is 9.67. The summed E-state index contributed by atoms with van der Waals surface area (Å²) < 4.78 is 0. The molecule has 4 fully saturated rings. The standard InChI is InChI=1S/C29H53N3O.C3H8.C2H6N2.C2H6/c1-20(17-26(33)31-19-30-6)32-27(2,3)18-22-11-13-24-23-12-10-21-9-7-8-15-28(21,4)25(23)14-16-29(22,24)5;1-3-2;1-3-4-2;1-2/h20-25,30,32H,7-19H2,1-6H3,(H,31,33);3H2,1-2H3;4H,1H2,2H3;1-2H3. The molecular weight excluding hydrogens is 518 g/mol.